The van der Waals surface area contributed by atoms with Crippen LogP contribution in [0.4, 0.5) is 0 Å². The van der Waals surface area contributed by atoms with Gasteiger partial charge in [-0.2, -0.15) is 0 Å². The first-order valence-corrected chi connectivity index (χ1v) is 5.72. The summed E-state index contributed by atoms with van der Waals surface area (Å²) in [6.07, 6.45) is 0.669. The minimum absolute atomic E-state index is 0.226. The Hall–Kier alpha value is -1.43. The summed E-state index contributed by atoms with van der Waals surface area (Å²) in [5.41, 5.74) is -1.17. The van der Waals surface area contributed by atoms with Gasteiger partial charge in [0, 0.05) is 19.5 Å². The maximum atomic E-state index is 12.1. The molecule has 1 heterocycles. The van der Waals surface area contributed by atoms with E-state index < -0.39 is 17.4 Å². The van der Waals surface area contributed by atoms with Crippen LogP contribution in [0.2, 0.25) is 0 Å². The molecule has 0 spiro atoms. The second-order valence-electron chi connectivity index (χ2n) is 4.43. The number of hydrogen-bond donors (Lipinski definition) is 2. The molecule has 0 bridgehead atoms. The zero-order chi connectivity index (χ0) is 13.1. The molecular weight excluding hydrogens is 224 g/mol. The van der Waals surface area contributed by atoms with E-state index in [1.807, 2.05) is 6.92 Å². The molecule has 0 aromatic carbocycles. The van der Waals surface area contributed by atoms with Gasteiger partial charge < -0.3 is 10.4 Å². The average molecular weight is 242 g/mol. The summed E-state index contributed by atoms with van der Waals surface area (Å²) < 4.78 is 0. The number of aliphatic carboxylic acids is 1. The molecular formula is C11H18N2O4. The molecule has 6 heteroatoms. The van der Waals surface area contributed by atoms with Crippen LogP contribution in [0.1, 0.15) is 33.1 Å². The van der Waals surface area contributed by atoms with Gasteiger partial charge in [-0.15, -0.1) is 0 Å². The predicted octanol–water partition coefficient (Wildman–Crippen LogP) is -0.0217. The van der Waals surface area contributed by atoms with E-state index in [0.717, 1.165) is 0 Å². The summed E-state index contributed by atoms with van der Waals surface area (Å²) in [5.74, 6) is -1.72. The van der Waals surface area contributed by atoms with E-state index in [9.17, 15) is 14.4 Å². The number of carbonyl (C=O) groups is 3. The minimum atomic E-state index is -1.17. The van der Waals surface area contributed by atoms with Gasteiger partial charge in [0.25, 0.3) is 0 Å². The Kier molecular flexibility index (Phi) is 4.22. The second-order valence-corrected chi connectivity index (χ2v) is 4.43. The third kappa shape index (κ3) is 3.03. The molecule has 2 N–H and O–H groups in total. The van der Waals surface area contributed by atoms with Gasteiger partial charge in [-0.25, -0.2) is 0 Å². The molecule has 1 saturated heterocycles. The molecule has 1 fully saturated rings. The molecule has 0 aromatic rings. The second kappa shape index (κ2) is 5.27. The van der Waals surface area contributed by atoms with Crippen molar-refractivity contribution in [3.05, 3.63) is 0 Å². The van der Waals surface area contributed by atoms with Gasteiger partial charge in [-0.05, 0) is 13.3 Å². The molecule has 6 nitrogen and oxygen atoms in total. The van der Waals surface area contributed by atoms with Crippen LogP contribution in [0.25, 0.3) is 0 Å². The molecule has 0 aromatic heterocycles. The zero-order valence-corrected chi connectivity index (χ0v) is 10.2. The smallest absolute Gasteiger partial charge is 0.305 e. The van der Waals surface area contributed by atoms with E-state index in [1.54, 1.807) is 0 Å². The lowest BCUT2D eigenvalue weighted by atomic mass is 9.93. The summed E-state index contributed by atoms with van der Waals surface area (Å²) in [6.45, 7) is 4.13. The van der Waals surface area contributed by atoms with Crippen molar-refractivity contribution in [1.29, 1.82) is 0 Å². The molecule has 0 aliphatic carbocycles. The first-order chi connectivity index (χ1) is 7.90. The third-order valence-electron chi connectivity index (χ3n) is 2.84. The van der Waals surface area contributed by atoms with E-state index >= 15 is 0 Å². The fourth-order valence-corrected chi connectivity index (χ4v) is 1.95. The Balaban J connectivity index is 2.81. The van der Waals surface area contributed by atoms with Crippen LogP contribution in [0, 0.1) is 0 Å². The van der Waals surface area contributed by atoms with Gasteiger partial charge in [-0.3, -0.25) is 19.3 Å². The van der Waals surface area contributed by atoms with E-state index in [0.29, 0.717) is 25.9 Å². The number of hydrogen-bond acceptors (Lipinski definition) is 4. The van der Waals surface area contributed by atoms with E-state index in [1.165, 1.54) is 11.8 Å². The standard InChI is InChI=1S/C11H18N2O4/c1-3-4-8(14)13-6-5-12-11(2,10(13)17)7-9(15)16/h12H,3-7H2,1-2H3,(H,15,16). The van der Waals surface area contributed by atoms with Gasteiger partial charge in [0.2, 0.25) is 11.8 Å². The fraction of sp³-hybridized carbons (Fsp3) is 0.727. The van der Waals surface area contributed by atoms with Crippen LogP contribution >= 0.6 is 0 Å². The van der Waals surface area contributed by atoms with Gasteiger partial charge in [-0.1, -0.05) is 6.92 Å². The van der Waals surface area contributed by atoms with Gasteiger partial charge in [0.15, 0.2) is 0 Å². The van der Waals surface area contributed by atoms with Crippen LogP contribution in [0.3, 0.4) is 0 Å². The number of nitrogens with zero attached hydrogens (tertiary/aromatic N) is 1. The van der Waals surface area contributed by atoms with Crippen molar-refractivity contribution in [2.45, 2.75) is 38.6 Å². The summed E-state index contributed by atoms with van der Waals surface area (Å²) in [7, 11) is 0. The molecule has 1 aliphatic heterocycles. The van der Waals surface area contributed by atoms with Crippen molar-refractivity contribution in [2.75, 3.05) is 13.1 Å². The lowest BCUT2D eigenvalue weighted by Gasteiger charge is -2.38. The Morgan fingerprint density at radius 1 is 1.53 bits per heavy atom. The zero-order valence-electron chi connectivity index (χ0n) is 10.2. The van der Waals surface area contributed by atoms with Crippen LogP contribution < -0.4 is 5.32 Å². The normalized spacial score (nSPS) is 24.8. The molecule has 0 saturated carbocycles. The van der Waals surface area contributed by atoms with Gasteiger partial charge in [0.1, 0.15) is 5.54 Å². The number of rotatable bonds is 4. The Morgan fingerprint density at radius 3 is 2.71 bits per heavy atom. The predicted molar refractivity (Wildman–Crippen MR) is 60.3 cm³/mol. The van der Waals surface area contributed by atoms with Crippen LogP contribution in [0.5, 0.6) is 0 Å². The highest BCUT2D eigenvalue weighted by molar-refractivity contribution is 6.01. The number of imide groups is 1. The van der Waals surface area contributed by atoms with Crippen LogP contribution in [-0.2, 0) is 14.4 Å². The maximum Gasteiger partial charge on any atom is 0.305 e. The SMILES string of the molecule is CCCC(=O)N1CCNC(C)(CC(=O)O)C1=O. The van der Waals surface area contributed by atoms with E-state index in [4.69, 9.17) is 5.11 Å². The first-order valence-electron chi connectivity index (χ1n) is 5.72. The van der Waals surface area contributed by atoms with Crippen molar-refractivity contribution in [2.24, 2.45) is 0 Å². The topological polar surface area (TPSA) is 86.7 Å². The van der Waals surface area contributed by atoms with Crippen LogP contribution in [0.15, 0.2) is 0 Å². The lowest BCUT2D eigenvalue weighted by molar-refractivity contribution is -0.155. The number of nitrogens with one attached hydrogen (secondary N) is 1. The molecule has 1 atom stereocenters. The molecule has 1 aliphatic rings. The van der Waals surface area contributed by atoms with Crippen molar-refractivity contribution in [1.82, 2.24) is 10.2 Å². The van der Waals surface area contributed by atoms with E-state index in [2.05, 4.69) is 5.32 Å². The maximum absolute atomic E-state index is 12.1. The number of amides is 2. The summed E-state index contributed by atoms with van der Waals surface area (Å²) in [4.78, 5) is 35.7. The summed E-state index contributed by atoms with van der Waals surface area (Å²) in [6, 6.07) is 0. The molecule has 0 radical (unpaired) electrons. The monoisotopic (exact) mass is 242 g/mol. The van der Waals surface area contributed by atoms with Crippen molar-refractivity contribution >= 4 is 17.8 Å². The highest BCUT2D eigenvalue weighted by Gasteiger charge is 2.43. The van der Waals surface area contributed by atoms with E-state index in [-0.39, 0.29) is 12.3 Å². The minimum Gasteiger partial charge on any atom is -0.481 e. The van der Waals surface area contributed by atoms with Crippen molar-refractivity contribution in [3.63, 3.8) is 0 Å². The highest BCUT2D eigenvalue weighted by atomic mass is 16.4. The molecule has 17 heavy (non-hydrogen) atoms. The lowest BCUT2D eigenvalue weighted by Crippen LogP contribution is -2.64. The summed E-state index contributed by atoms with van der Waals surface area (Å²) >= 11 is 0. The molecule has 1 unspecified atom stereocenters. The fourth-order valence-electron chi connectivity index (χ4n) is 1.95. The van der Waals surface area contributed by atoms with Crippen LogP contribution in [-0.4, -0.2) is 46.4 Å². The number of carboxylic acids is 1. The molecule has 96 valence electrons. The Bertz CT molecular complexity index is 342. The highest BCUT2D eigenvalue weighted by Crippen LogP contribution is 2.18. The number of piperazine rings is 1. The number of carbonyl (C=O) groups excluding carboxylic acids is 2. The molecule has 2 amide bonds. The third-order valence-corrected chi connectivity index (χ3v) is 2.84. The van der Waals surface area contributed by atoms with Crippen molar-refractivity contribution < 1.29 is 19.5 Å². The summed E-state index contributed by atoms with van der Waals surface area (Å²) in [5, 5.41) is 11.7. The van der Waals surface area contributed by atoms with Gasteiger partial charge in [0.05, 0.1) is 6.42 Å². The average Bonchev–Trinajstić information content (AvgIpc) is 2.21. The Morgan fingerprint density at radius 2 is 2.18 bits per heavy atom. The van der Waals surface area contributed by atoms with Gasteiger partial charge >= 0.3 is 5.97 Å². The largest absolute Gasteiger partial charge is 0.481 e. The first kappa shape index (κ1) is 13.6. The van der Waals surface area contributed by atoms with Crippen molar-refractivity contribution in [3.8, 4) is 0 Å². The number of carboxylic acid groups (broad SMARTS) is 1. The molecule has 1 rings (SSSR count). The quantitative estimate of drug-likeness (QED) is 0.723. The Labute approximate surface area is 100.0 Å².